The van der Waals surface area contributed by atoms with Crippen molar-refractivity contribution in [1.82, 2.24) is 20.0 Å². The van der Waals surface area contributed by atoms with E-state index in [0.29, 0.717) is 25.3 Å². The van der Waals surface area contributed by atoms with Crippen molar-refractivity contribution in [2.24, 2.45) is 5.92 Å². The quantitative estimate of drug-likeness (QED) is 0.822. The van der Waals surface area contributed by atoms with E-state index >= 15 is 0 Å². The number of carbonyl (C=O) groups excluding carboxylic acids is 2. The van der Waals surface area contributed by atoms with Gasteiger partial charge in [-0.25, -0.2) is 0 Å². The van der Waals surface area contributed by atoms with Crippen molar-refractivity contribution in [2.45, 2.75) is 44.7 Å². The Morgan fingerprint density at radius 2 is 1.93 bits per heavy atom. The minimum atomic E-state index is -0.138. The van der Waals surface area contributed by atoms with Crippen LogP contribution in [-0.4, -0.2) is 58.8 Å². The van der Waals surface area contributed by atoms with Gasteiger partial charge in [0.15, 0.2) is 0 Å². The lowest BCUT2D eigenvalue weighted by atomic mass is 9.84. The van der Waals surface area contributed by atoms with Crippen LogP contribution < -0.4 is 5.32 Å². The van der Waals surface area contributed by atoms with Gasteiger partial charge in [0.2, 0.25) is 5.91 Å². The highest BCUT2D eigenvalue weighted by Crippen LogP contribution is 2.30. The molecule has 1 aromatic carbocycles. The normalized spacial score (nSPS) is 22.6. The van der Waals surface area contributed by atoms with Crippen LogP contribution in [0.4, 0.5) is 0 Å². The molecule has 7 heteroatoms. The van der Waals surface area contributed by atoms with Crippen LogP contribution >= 0.6 is 0 Å². The van der Waals surface area contributed by atoms with Crippen molar-refractivity contribution in [3.05, 3.63) is 53.9 Å². The molecule has 160 valence electrons. The number of amides is 2. The highest BCUT2D eigenvalue weighted by Gasteiger charge is 2.36. The molecule has 0 aliphatic carbocycles. The third kappa shape index (κ3) is 4.56. The molecule has 0 bridgehead atoms. The van der Waals surface area contributed by atoms with Crippen molar-refractivity contribution in [2.75, 3.05) is 26.3 Å². The Labute approximate surface area is 177 Å². The maximum Gasteiger partial charge on any atom is 0.254 e. The maximum absolute atomic E-state index is 13.1. The van der Waals surface area contributed by atoms with Gasteiger partial charge in [0.1, 0.15) is 0 Å². The second-order valence-electron chi connectivity index (χ2n) is 8.14. The van der Waals surface area contributed by atoms with E-state index in [4.69, 9.17) is 4.74 Å². The van der Waals surface area contributed by atoms with E-state index in [9.17, 15) is 9.59 Å². The molecule has 2 amide bonds. The number of aryl methyl sites for hydroxylation is 1. The molecule has 30 heavy (non-hydrogen) atoms. The minimum Gasteiger partial charge on any atom is -0.381 e. The van der Waals surface area contributed by atoms with Crippen molar-refractivity contribution >= 4 is 11.8 Å². The molecule has 0 radical (unpaired) electrons. The molecule has 2 atom stereocenters. The summed E-state index contributed by atoms with van der Waals surface area (Å²) in [5.41, 5.74) is 1.75. The van der Waals surface area contributed by atoms with Gasteiger partial charge in [-0.15, -0.1) is 0 Å². The van der Waals surface area contributed by atoms with Crippen LogP contribution in [-0.2, 0) is 16.1 Å². The van der Waals surface area contributed by atoms with E-state index in [2.05, 4.69) is 22.5 Å². The number of hydrogen-bond donors (Lipinski definition) is 1. The predicted molar refractivity (Wildman–Crippen MR) is 113 cm³/mol. The maximum atomic E-state index is 13.1. The Morgan fingerprint density at radius 1 is 1.17 bits per heavy atom. The van der Waals surface area contributed by atoms with E-state index < -0.39 is 0 Å². The van der Waals surface area contributed by atoms with Crippen LogP contribution in [0.15, 0.2) is 42.7 Å². The molecule has 2 saturated heterocycles. The molecule has 2 aliphatic rings. The standard InChI is InChI=1S/C23H30N4O3/c1-2-27-15-19(14-24-27)22(28)25-21-16-26(23(29)18-9-12-30-13-10-18)11-8-20(21)17-6-4-3-5-7-17/h3-7,14-15,18,20-21H,2,8-13,16H2,1H3,(H,25,28)/t20-,21-/m0/s1. The highest BCUT2D eigenvalue weighted by molar-refractivity contribution is 5.94. The van der Waals surface area contributed by atoms with Gasteiger partial charge >= 0.3 is 0 Å². The Kier molecular flexibility index (Phi) is 6.47. The van der Waals surface area contributed by atoms with Crippen LogP contribution in [0.3, 0.4) is 0 Å². The van der Waals surface area contributed by atoms with Gasteiger partial charge in [-0.1, -0.05) is 30.3 Å². The molecule has 7 nitrogen and oxygen atoms in total. The lowest BCUT2D eigenvalue weighted by Crippen LogP contribution is -2.54. The number of carbonyl (C=O) groups is 2. The summed E-state index contributed by atoms with van der Waals surface area (Å²) in [6.45, 7) is 5.26. The summed E-state index contributed by atoms with van der Waals surface area (Å²) >= 11 is 0. The van der Waals surface area contributed by atoms with Gasteiger partial charge in [0, 0.05) is 50.9 Å². The topological polar surface area (TPSA) is 76.5 Å². The van der Waals surface area contributed by atoms with Crippen molar-refractivity contribution in [3.63, 3.8) is 0 Å². The number of likely N-dealkylation sites (tertiary alicyclic amines) is 1. The van der Waals surface area contributed by atoms with E-state index in [-0.39, 0.29) is 29.7 Å². The number of nitrogens with one attached hydrogen (secondary N) is 1. The zero-order chi connectivity index (χ0) is 20.9. The summed E-state index contributed by atoms with van der Waals surface area (Å²) in [6, 6.07) is 10.1. The lowest BCUT2D eigenvalue weighted by molar-refractivity contribution is -0.140. The molecule has 3 heterocycles. The summed E-state index contributed by atoms with van der Waals surface area (Å²) in [4.78, 5) is 27.9. The first kappa shape index (κ1) is 20.6. The average Bonchev–Trinajstić information content (AvgIpc) is 3.29. The molecule has 0 saturated carbocycles. The van der Waals surface area contributed by atoms with Gasteiger partial charge in [0.25, 0.3) is 5.91 Å². The van der Waals surface area contributed by atoms with Gasteiger partial charge in [-0.3, -0.25) is 14.3 Å². The average molecular weight is 411 g/mol. The third-order valence-corrected chi connectivity index (χ3v) is 6.26. The molecular formula is C23H30N4O3. The van der Waals surface area contributed by atoms with E-state index in [1.165, 1.54) is 5.56 Å². The van der Waals surface area contributed by atoms with Crippen LogP contribution in [0.25, 0.3) is 0 Å². The summed E-state index contributed by atoms with van der Waals surface area (Å²) in [5.74, 6) is 0.269. The number of benzene rings is 1. The molecule has 2 aromatic rings. The molecule has 1 aromatic heterocycles. The molecule has 0 spiro atoms. The number of piperidine rings is 1. The summed E-state index contributed by atoms with van der Waals surface area (Å²) in [5, 5.41) is 7.41. The second-order valence-corrected chi connectivity index (χ2v) is 8.14. The lowest BCUT2D eigenvalue weighted by Gasteiger charge is -2.40. The predicted octanol–water partition coefficient (Wildman–Crippen LogP) is 2.44. The van der Waals surface area contributed by atoms with Crippen molar-refractivity contribution < 1.29 is 14.3 Å². The molecular weight excluding hydrogens is 380 g/mol. The van der Waals surface area contributed by atoms with Crippen LogP contribution in [0.5, 0.6) is 0 Å². The largest absolute Gasteiger partial charge is 0.381 e. The van der Waals surface area contributed by atoms with E-state index in [1.807, 2.05) is 30.0 Å². The smallest absolute Gasteiger partial charge is 0.254 e. The Bertz CT molecular complexity index is 860. The van der Waals surface area contributed by atoms with E-state index in [0.717, 1.165) is 32.4 Å². The van der Waals surface area contributed by atoms with Crippen molar-refractivity contribution in [1.29, 1.82) is 0 Å². The van der Waals surface area contributed by atoms with Gasteiger partial charge in [0.05, 0.1) is 17.8 Å². The Balaban J connectivity index is 1.51. The number of aromatic nitrogens is 2. The Hall–Kier alpha value is -2.67. The molecule has 0 unspecified atom stereocenters. The fraction of sp³-hybridized carbons (Fsp3) is 0.522. The highest BCUT2D eigenvalue weighted by atomic mass is 16.5. The minimum absolute atomic E-state index is 0.0335. The monoisotopic (exact) mass is 410 g/mol. The summed E-state index contributed by atoms with van der Waals surface area (Å²) in [7, 11) is 0. The van der Waals surface area contributed by atoms with Crippen LogP contribution in [0, 0.1) is 5.92 Å². The molecule has 2 fully saturated rings. The van der Waals surface area contributed by atoms with Crippen molar-refractivity contribution in [3.8, 4) is 0 Å². The first-order chi connectivity index (χ1) is 14.7. The van der Waals surface area contributed by atoms with Gasteiger partial charge in [-0.2, -0.15) is 5.10 Å². The number of hydrogen-bond acceptors (Lipinski definition) is 4. The Morgan fingerprint density at radius 3 is 2.63 bits per heavy atom. The zero-order valence-electron chi connectivity index (χ0n) is 17.5. The van der Waals surface area contributed by atoms with Crippen LogP contribution in [0.2, 0.25) is 0 Å². The van der Waals surface area contributed by atoms with Gasteiger partial charge in [-0.05, 0) is 31.7 Å². The fourth-order valence-corrected chi connectivity index (χ4v) is 4.51. The zero-order valence-corrected chi connectivity index (χ0v) is 17.5. The van der Waals surface area contributed by atoms with E-state index in [1.54, 1.807) is 17.1 Å². The fourth-order valence-electron chi connectivity index (χ4n) is 4.51. The number of rotatable bonds is 5. The molecule has 1 N–H and O–H groups in total. The first-order valence-corrected chi connectivity index (χ1v) is 10.9. The molecule has 2 aliphatic heterocycles. The SMILES string of the molecule is CCn1cc(C(=O)N[C@H]2CN(C(=O)C3CCOCC3)CC[C@H]2c2ccccc2)cn1. The second kappa shape index (κ2) is 9.43. The van der Waals surface area contributed by atoms with Crippen LogP contribution in [0.1, 0.15) is 48.0 Å². The summed E-state index contributed by atoms with van der Waals surface area (Å²) in [6.07, 6.45) is 5.76. The number of ether oxygens (including phenoxy) is 1. The third-order valence-electron chi connectivity index (χ3n) is 6.26. The first-order valence-electron chi connectivity index (χ1n) is 10.9. The van der Waals surface area contributed by atoms with Gasteiger partial charge < -0.3 is 15.0 Å². The summed E-state index contributed by atoms with van der Waals surface area (Å²) < 4.78 is 7.15. The number of nitrogens with zero attached hydrogens (tertiary/aromatic N) is 3. The molecule has 4 rings (SSSR count).